The standard InChI is InChI=1S/C19H18ClN3O2S/c1-2-14-6-9-18(10-7-14)26(24,25)23-17-8-11-19(21-13-17)22-16-5-3-4-15(20)12-16/h3-13,23H,2H2,1H3,(H,21,22). The van der Waals surface area contributed by atoms with E-state index in [0.717, 1.165) is 17.7 Å². The highest BCUT2D eigenvalue weighted by atomic mass is 35.5. The van der Waals surface area contributed by atoms with Crippen LogP contribution in [-0.2, 0) is 16.4 Å². The monoisotopic (exact) mass is 387 g/mol. The van der Waals surface area contributed by atoms with Crippen molar-refractivity contribution in [2.45, 2.75) is 18.2 Å². The molecule has 0 bridgehead atoms. The van der Waals surface area contributed by atoms with E-state index in [9.17, 15) is 8.42 Å². The normalized spacial score (nSPS) is 11.2. The van der Waals surface area contributed by atoms with Gasteiger partial charge >= 0.3 is 0 Å². The summed E-state index contributed by atoms with van der Waals surface area (Å²) in [5.41, 5.74) is 2.28. The maximum atomic E-state index is 12.4. The van der Waals surface area contributed by atoms with Gasteiger partial charge < -0.3 is 5.32 Å². The predicted octanol–water partition coefficient (Wildman–Crippen LogP) is 4.84. The Morgan fingerprint density at radius 1 is 1.00 bits per heavy atom. The van der Waals surface area contributed by atoms with Gasteiger partial charge in [0.15, 0.2) is 0 Å². The molecule has 5 nitrogen and oxygen atoms in total. The van der Waals surface area contributed by atoms with Gasteiger partial charge in [0, 0.05) is 10.7 Å². The van der Waals surface area contributed by atoms with Crippen molar-refractivity contribution in [3.63, 3.8) is 0 Å². The first-order chi connectivity index (χ1) is 12.5. The summed E-state index contributed by atoms with van der Waals surface area (Å²) >= 11 is 5.95. The first-order valence-corrected chi connectivity index (χ1v) is 9.93. The van der Waals surface area contributed by atoms with Crippen LogP contribution in [0.15, 0.2) is 71.8 Å². The van der Waals surface area contributed by atoms with E-state index in [4.69, 9.17) is 11.6 Å². The fourth-order valence-corrected chi connectivity index (χ4v) is 3.59. The predicted molar refractivity (Wildman–Crippen MR) is 106 cm³/mol. The number of aromatic nitrogens is 1. The minimum absolute atomic E-state index is 0.218. The molecular weight excluding hydrogens is 370 g/mol. The Balaban J connectivity index is 1.71. The van der Waals surface area contributed by atoms with E-state index < -0.39 is 10.0 Å². The minimum Gasteiger partial charge on any atom is -0.340 e. The molecule has 0 spiro atoms. The molecule has 0 saturated carbocycles. The summed E-state index contributed by atoms with van der Waals surface area (Å²) in [5, 5.41) is 3.73. The lowest BCUT2D eigenvalue weighted by atomic mass is 10.2. The highest BCUT2D eigenvalue weighted by Gasteiger charge is 2.14. The molecule has 0 aliphatic carbocycles. The van der Waals surface area contributed by atoms with Gasteiger partial charge in [-0.3, -0.25) is 4.72 Å². The van der Waals surface area contributed by atoms with Crippen molar-refractivity contribution in [3.05, 3.63) is 77.4 Å². The molecule has 3 aromatic rings. The Bertz CT molecular complexity index is 988. The second-order valence-corrected chi connectivity index (χ2v) is 7.79. The summed E-state index contributed by atoms with van der Waals surface area (Å²) in [6.45, 7) is 2.02. The molecule has 0 saturated heterocycles. The number of pyridine rings is 1. The lowest BCUT2D eigenvalue weighted by molar-refractivity contribution is 0.601. The zero-order valence-electron chi connectivity index (χ0n) is 14.1. The summed E-state index contributed by atoms with van der Waals surface area (Å²) in [4.78, 5) is 4.45. The molecule has 1 aromatic heterocycles. The molecule has 0 amide bonds. The van der Waals surface area contributed by atoms with Crippen LogP contribution < -0.4 is 10.0 Å². The third-order valence-electron chi connectivity index (χ3n) is 3.75. The Hall–Kier alpha value is -2.57. The Morgan fingerprint density at radius 2 is 1.77 bits per heavy atom. The van der Waals surface area contributed by atoms with Crippen molar-refractivity contribution in [1.82, 2.24) is 4.98 Å². The van der Waals surface area contributed by atoms with E-state index in [2.05, 4.69) is 15.0 Å². The molecule has 2 N–H and O–H groups in total. The number of benzene rings is 2. The smallest absolute Gasteiger partial charge is 0.261 e. The van der Waals surface area contributed by atoms with Crippen LogP contribution in [0.5, 0.6) is 0 Å². The highest BCUT2D eigenvalue weighted by molar-refractivity contribution is 7.92. The molecule has 2 aromatic carbocycles. The third kappa shape index (κ3) is 4.53. The zero-order valence-corrected chi connectivity index (χ0v) is 15.7. The largest absolute Gasteiger partial charge is 0.340 e. The van der Waals surface area contributed by atoms with Crippen LogP contribution in [0, 0.1) is 0 Å². The maximum Gasteiger partial charge on any atom is 0.261 e. The van der Waals surface area contributed by atoms with Gasteiger partial charge in [-0.2, -0.15) is 0 Å². The van der Waals surface area contributed by atoms with E-state index in [1.807, 2.05) is 31.2 Å². The van der Waals surface area contributed by atoms with Gasteiger partial charge in [-0.15, -0.1) is 0 Å². The molecule has 26 heavy (non-hydrogen) atoms. The average Bonchev–Trinajstić information content (AvgIpc) is 2.63. The van der Waals surface area contributed by atoms with Crippen LogP contribution in [0.2, 0.25) is 5.02 Å². The summed E-state index contributed by atoms with van der Waals surface area (Å²) in [7, 11) is -3.64. The van der Waals surface area contributed by atoms with E-state index in [-0.39, 0.29) is 4.90 Å². The first-order valence-electron chi connectivity index (χ1n) is 8.07. The van der Waals surface area contributed by atoms with Gasteiger partial charge in [-0.1, -0.05) is 36.7 Å². The second-order valence-electron chi connectivity index (χ2n) is 5.67. The first kappa shape index (κ1) is 18.2. The van der Waals surface area contributed by atoms with Crippen LogP contribution in [0.4, 0.5) is 17.2 Å². The van der Waals surface area contributed by atoms with Gasteiger partial charge in [0.2, 0.25) is 0 Å². The molecule has 0 fully saturated rings. The molecule has 0 aliphatic rings. The summed E-state index contributed by atoms with van der Waals surface area (Å²) in [6.07, 6.45) is 2.32. The van der Waals surface area contributed by atoms with Gasteiger partial charge in [-0.25, -0.2) is 13.4 Å². The van der Waals surface area contributed by atoms with Crippen molar-refractivity contribution < 1.29 is 8.42 Å². The van der Waals surface area contributed by atoms with Crippen LogP contribution in [0.1, 0.15) is 12.5 Å². The summed E-state index contributed by atoms with van der Waals surface area (Å²) in [5.74, 6) is 0.586. The minimum atomic E-state index is -3.64. The van der Waals surface area contributed by atoms with Crippen molar-refractivity contribution in [2.75, 3.05) is 10.0 Å². The number of hydrogen-bond donors (Lipinski definition) is 2. The molecule has 0 aliphatic heterocycles. The van der Waals surface area contributed by atoms with E-state index in [1.54, 1.807) is 36.4 Å². The van der Waals surface area contributed by atoms with E-state index in [1.165, 1.54) is 6.20 Å². The third-order valence-corrected chi connectivity index (χ3v) is 5.39. The number of anilines is 3. The molecule has 134 valence electrons. The number of sulfonamides is 1. The van der Waals surface area contributed by atoms with Crippen molar-refractivity contribution in [2.24, 2.45) is 0 Å². The summed E-state index contributed by atoms with van der Waals surface area (Å²) in [6, 6.07) is 17.4. The molecule has 3 rings (SSSR count). The Kier molecular flexibility index (Phi) is 5.44. The lowest BCUT2D eigenvalue weighted by Gasteiger charge is -2.10. The molecule has 7 heteroatoms. The summed E-state index contributed by atoms with van der Waals surface area (Å²) < 4.78 is 27.4. The average molecular weight is 388 g/mol. The zero-order chi connectivity index (χ0) is 18.6. The molecular formula is C19H18ClN3O2S. The van der Waals surface area contributed by atoms with Gasteiger partial charge in [0.1, 0.15) is 5.82 Å². The van der Waals surface area contributed by atoms with Crippen LogP contribution >= 0.6 is 11.6 Å². The van der Waals surface area contributed by atoms with Crippen LogP contribution in [0.25, 0.3) is 0 Å². The number of halogens is 1. The van der Waals surface area contributed by atoms with Crippen LogP contribution in [0.3, 0.4) is 0 Å². The maximum absolute atomic E-state index is 12.4. The number of aryl methyl sites for hydroxylation is 1. The van der Waals surface area contributed by atoms with Gasteiger partial charge in [-0.05, 0) is 54.4 Å². The second kappa shape index (κ2) is 7.76. The topological polar surface area (TPSA) is 71.1 Å². The molecule has 0 radical (unpaired) electrons. The number of nitrogens with zero attached hydrogens (tertiary/aromatic N) is 1. The number of rotatable bonds is 6. The molecule has 1 heterocycles. The fourth-order valence-electron chi connectivity index (χ4n) is 2.36. The van der Waals surface area contributed by atoms with Crippen LogP contribution in [-0.4, -0.2) is 13.4 Å². The Labute approximate surface area is 158 Å². The van der Waals surface area contributed by atoms with Crippen molar-refractivity contribution >= 4 is 38.8 Å². The van der Waals surface area contributed by atoms with E-state index in [0.29, 0.717) is 16.5 Å². The number of hydrogen-bond acceptors (Lipinski definition) is 4. The Morgan fingerprint density at radius 3 is 2.38 bits per heavy atom. The molecule has 0 atom stereocenters. The highest BCUT2D eigenvalue weighted by Crippen LogP contribution is 2.21. The SMILES string of the molecule is CCc1ccc(S(=O)(=O)Nc2ccc(Nc3cccc(Cl)c3)nc2)cc1. The quantitative estimate of drug-likeness (QED) is 0.634. The molecule has 0 unspecified atom stereocenters. The van der Waals surface area contributed by atoms with Crippen molar-refractivity contribution in [1.29, 1.82) is 0 Å². The fraction of sp³-hybridized carbons (Fsp3) is 0.105. The van der Waals surface area contributed by atoms with E-state index >= 15 is 0 Å². The number of nitrogens with one attached hydrogen (secondary N) is 2. The van der Waals surface area contributed by atoms with Gasteiger partial charge in [0.05, 0.1) is 16.8 Å². The van der Waals surface area contributed by atoms with Gasteiger partial charge in [0.25, 0.3) is 10.0 Å². The lowest BCUT2D eigenvalue weighted by Crippen LogP contribution is -2.13. The van der Waals surface area contributed by atoms with Crippen molar-refractivity contribution in [3.8, 4) is 0 Å².